The first kappa shape index (κ1) is 15.5. The van der Waals surface area contributed by atoms with Crippen LogP contribution < -0.4 is 0 Å². The number of hydrogen-bond donors (Lipinski definition) is 1. The molecule has 0 spiro atoms. The van der Waals surface area contributed by atoms with Gasteiger partial charge >= 0.3 is 7.05 Å². The Morgan fingerprint density at radius 1 is 1.50 bits per heavy atom. The first-order valence-electron chi connectivity index (χ1n) is 6.39. The molecule has 18 heavy (non-hydrogen) atoms. The van der Waals surface area contributed by atoms with Gasteiger partial charge in [-0.15, -0.1) is 0 Å². The minimum Gasteiger partial charge on any atom is -0.432 e. The van der Waals surface area contributed by atoms with Crippen molar-refractivity contribution in [2.75, 3.05) is 6.61 Å². The van der Waals surface area contributed by atoms with Crippen LogP contribution in [-0.2, 0) is 9.22 Å². The van der Waals surface area contributed by atoms with Crippen molar-refractivity contribution in [2.24, 2.45) is 0 Å². The van der Waals surface area contributed by atoms with Crippen LogP contribution in [0.2, 0.25) is 25.0 Å². The largest absolute Gasteiger partial charge is 0.432 e. The van der Waals surface area contributed by atoms with E-state index < -0.39 is 15.4 Å². The fourth-order valence-electron chi connectivity index (χ4n) is 1.64. The van der Waals surface area contributed by atoms with Crippen LogP contribution in [0.4, 0.5) is 0 Å². The van der Waals surface area contributed by atoms with Crippen LogP contribution in [0.25, 0.3) is 0 Å². The highest BCUT2D eigenvalue weighted by Crippen LogP contribution is 2.36. The molecule has 1 atom stereocenters. The third kappa shape index (κ3) is 3.24. The fraction of sp³-hybridized carbons (Fsp3) is 0.750. The topological polar surface area (TPSA) is 49.8 Å². The zero-order valence-corrected chi connectivity index (χ0v) is 13.2. The van der Waals surface area contributed by atoms with E-state index in [0.29, 0.717) is 6.61 Å². The van der Waals surface area contributed by atoms with Crippen molar-refractivity contribution >= 4 is 21.3 Å². The van der Waals surface area contributed by atoms with E-state index in [1.54, 1.807) is 6.82 Å². The summed E-state index contributed by atoms with van der Waals surface area (Å²) in [4.78, 5) is 13.0. The van der Waals surface area contributed by atoms with E-state index in [-0.39, 0.29) is 17.0 Å². The summed E-state index contributed by atoms with van der Waals surface area (Å²) in [6.45, 7) is 13.0. The summed E-state index contributed by atoms with van der Waals surface area (Å²) < 4.78 is 6.09. The highest BCUT2D eigenvalue weighted by atomic mass is 28.4. The molecule has 1 aliphatic heterocycles. The van der Waals surface area contributed by atoms with Crippen LogP contribution in [0.15, 0.2) is 12.2 Å². The van der Waals surface area contributed by atoms with Crippen LogP contribution in [0.3, 0.4) is 0 Å². The van der Waals surface area contributed by atoms with Gasteiger partial charge in [-0.1, -0.05) is 26.8 Å². The molecule has 1 rings (SSSR count). The maximum atomic E-state index is 11.6. The predicted molar refractivity (Wildman–Crippen MR) is 76.8 cm³/mol. The van der Waals surface area contributed by atoms with Gasteiger partial charge in [0.25, 0.3) is 0 Å². The molecule has 0 unspecified atom stereocenters. The van der Waals surface area contributed by atoms with E-state index in [2.05, 4.69) is 33.9 Å². The molecule has 0 aliphatic carbocycles. The van der Waals surface area contributed by atoms with Crippen LogP contribution in [0, 0.1) is 0 Å². The van der Waals surface area contributed by atoms with Crippen molar-refractivity contribution in [3.63, 3.8) is 0 Å². The molecule has 0 aromatic heterocycles. The number of carbonyl (C=O) groups is 1. The van der Waals surface area contributed by atoms with Gasteiger partial charge in [-0.25, -0.2) is 0 Å². The van der Waals surface area contributed by atoms with Crippen LogP contribution in [0.5, 0.6) is 0 Å². The molecule has 0 saturated heterocycles. The fourth-order valence-corrected chi connectivity index (χ4v) is 2.66. The molecular formula is C12H24BNO3Si. The number of rotatable bonds is 4. The van der Waals surface area contributed by atoms with Crippen molar-refractivity contribution in [3.8, 4) is 0 Å². The Kier molecular flexibility index (Phi) is 4.46. The van der Waals surface area contributed by atoms with E-state index in [9.17, 15) is 9.82 Å². The monoisotopic (exact) mass is 269 g/mol. The summed E-state index contributed by atoms with van der Waals surface area (Å²) >= 11 is 0. The molecule has 0 aromatic carbocycles. The number of hydrogen-bond acceptors (Lipinski definition) is 3. The van der Waals surface area contributed by atoms with Crippen molar-refractivity contribution in [1.29, 1.82) is 0 Å². The van der Waals surface area contributed by atoms with Crippen LogP contribution in [-0.4, -0.2) is 43.8 Å². The molecule has 1 amide bonds. The summed E-state index contributed by atoms with van der Waals surface area (Å²) in [5, 5.41) is 9.75. The molecule has 1 N–H and O–H groups in total. The molecule has 0 aromatic rings. The van der Waals surface area contributed by atoms with Gasteiger partial charge in [0.05, 0.1) is 12.6 Å². The molecule has 0 saturated carbocycles. The summed E-state index contributed by atoms with van der Waals surface area (Å²) in [5.41, 5.74) is 0. The lowest BCUT2D eigenvalue weighted by atomic mass is 9.84. The van der Waals surface area contributed by atoms with Crippen molar-refractivity contribution < 1.29 is 14.2 Å². The van der Waals surface area contributed by atoms with Gasteiger partial charge in [0, 0.05) is 6.08 Å². The summed E-state index contributed by atoms with van der Waals surface area (Å²) in [6, 6.07) is -0.147. The maximum Gasteiger partial charge on any atom is 0.412 e. The Hall–Kier alpha value is -0.588. The second-order valence-corrected chi connectivity index (χ2v) is 11.2. The average Bonchev–Trinajstić information content (AvgIpc) is 2.55. The zero-order valence-electron chi connectivity index (χ0n) is 12.2. The van der Waals surface area contributed by atoms with E-state index in [1.165, 1.54) is 10.9 Å². The Morgan fingerprint density at radius 2 is 2.06 bits per heavy atom. The minimum atomic E-state index is -1.81. The lowest BCUT2D eigenvalue weighted by Gasteiger charge is -2.38. The van der Waals surface area contributed by atoms with Crippen molar-refractivity contribution in [3.05, 3.63) is 12.2 Å². The van der Waals surface area contributed by atoms with Gasteiger partial charge in [0.2, 0.25) is 5.91 Å². The Morgan fingerprint density at radius 3 is 2.50 bits per heavy atom. The van der Waals surface area contributed by atoms with E-state index >= 15 is 0 Å². The van der Waals surface area contributed by atoms with Gasteiger partial charge in [0.1, 0.15) is 0 Å². The molecular weight excluding hydrogens is 245 g/mol. The van der Waals surface area contributed by atoms with Crippen LogP contribution >= 0.6 is 0 Å². The molecule has 4 nitrogen and oxygen atoms in total. The lowest BCUT2D eigenvalue weighted by molar-refractivity contribution is -0.122. The maximum absolute atomic E-state index is 11.6. The van der Waals surface area contributed by atoms with E-state index in [1.807, 2.05) is 6.08 Å². The SMILES string of the molecule is CB(O)N1C(=O)C=C[C@H]1CO[Si](C)(C)C(C)(C)C. The molecule has 1 aliphatic rings. The highest BCUT2D eigenvalue weighted by Gasteiger charge is 2.39. The summed E-state index contributed by atoms with van der Waals surface area (Å²) in [7, 11) is -2.59. The molecule has 1 heterocycles. The number of carbonyl (C=O) groups excluding carboxylic acids is 1. The molecule has 0 radical (unpaired) electrons. The minimum absolute atomic E-state index is 0.145. The van der Waals surface area contributed by atoms with Gasteiger partial charge in [-0.2, -0.15) is 0 Å². The highest BCUT2D eigenvalue weighted by molar-refractivity contribution is 6.74. The molecule has 6 heteroatoms. The summed E-state index contributed by atoms with van der Waals surface area (Å²) in [6.07, 6.45) is 3.31. The first-order chi connectivity index (χ1) is 8.06. The molecule has 102 valence electrons. The second kappa shape index (κ2) is 5.19. The number of amides is 1. The quantitative estimate of drug-likeness (QED) is 0.793. The molecule has 0 bridgehead atoms. The van der Waals surface area contributed by atoms with Gasteiger partial charge in [-0.05, 0) is 25.0 Å². The Labute approximate surface area is 111 Å². The van der Waals surface area contributed by atoms with Crippen molar-refractivity contribution in [1.82, 2.24) is 4.81 Å². The zero-order chi connectivity index (χ0) is 14.1. The van der Waals surface area contributed by atoms with Crippen LogP contribution in [0.1, 0.15) is 20.8 Å². The lowest BCUT2D eigenvalue weighted by Crippen LogP contribution is -2.49. The van der Waals surface area contributed by atoms with Gasteiger partial charge in [0.15, 0.2) is 8.32 Å². The first-order valence-corrected chi connectivity index (χ1v) is 9.29. The second-order valence-electron chi connectivity index (χ2n) is 6.38. The molecule has 0 fully saturated rings. The third-order valence-corrected chi connectivity index (χ3v) is 8.40. The Bertz CT molecular complexity index is 350. The normalized spacial score (nSPS) is 20.7. The van der Waals surface area contributed by atoms with E-state index in [0.717, 1.165) is 0 Å². The smallest absolute Gasteiger partial charge is 0.412 e. The number of nitrogens with zero attached hydrogens (tertiary/aromatic N) is 1. The van der Waals surface area contributed by atoms with Gasteiger partial charge in [-0.3, -0.25) is 4.79 Å². The predicted octanol–water partition coefficient (Wildman–Crippen LogP) is 1.89. The third-order valence-electron chi connectivity index (χ3n) is 3.90. The summed E-state index contributed by atoms with van der Waals surface area (Å²) in [5.74, 6) is -0.145. The van der Waals surface area contributed by atoms with E-state index in [4.69, 9.17) is 4.43 Å². The van der Waals surface area contributed by atoms with Gasteiger partial charge < -0.3 is 14.3 Å². The Balaban J connectivity index is 2.64. The standard InChI is InChI=1S/C12H24BNO3Si/c1-12(2,3)18(5,6)17-9-10-7-8-11(15)14(10)13(4)16/h7-8,10,16H,9H2,1-6H3/t10-/m0/s1. The average molecular weight is 269 g/mol. The van der Waals surface area contributed by atoms with Crippen molar-refractivity contribution in [2.45, 2.75) is 51.8 Å².